The zero-order valence-electron chi connectivity index (χ0n) is 12.5. The average molecular weight is 412 g/mol. The summed E-state index contributed by atoms with van der Waals surface area (Å²) in [6.45, 7) is 0.401. The average Bonchev–Trinajstić information content (AvgIpc) is 2.90. The molecule has 0 atom stereocenters. The normalized spacial score (nSPS) is 16.1. The smallest absolute Gasteiger partial charge is 0.271 e. The number of nitrogens with one attached hydrogen (secondary N) is 2. The van der Waals surface area contributed by atoms with E-state index in [4.69, 9.17) is 0 Å². The Kier molecular flexibility index (Phi) is 4.46. The monoisotopic (exact) mass is 411 g/mol. The molecule has 0 spiro atoms. The van der Waals surface area contributed by atoms with E-state index in [1.807, 2.05) is 0 Å². The van der Waals surface area contributed by atoms with Gasteiger partial charge in [-0.05, 0) is 46.6 Å². The highest BCUT2D eigenvalue weighted by molar-refractivity contribution is 9.10. The molecule has 0 radical (unpaired) electrons. The zero-order chi connectivity index (χ0) is 17.3. The zero-order valence-corrected chi connectivity index (χ0v) is 14.9. The Labute approximate surface area is 146 Å². The number of anilines is 2. The second-order valence-electron chi connectivity index (χ2n) is 5.31. The van der Waals surface area contributed by atoms with Crippen LogP contribution in [0.3, 0.4) is 0 Å². The van der Waals surface area contributed by atoms with E-state index in [9.17, 15) is 18.0 Å². The van der Waals surface area contributed by atoms with Gasteiger partial charge in [0.1, 0.15) is 5.69 Å². The summed E-state index contributed by atoms with van der Waals surface area (Å²) in [5, 5.41) is 2.53. The van der Waals surface area contributed by atoms with Gasteiger partial charge >= 0.3 is 0 Å². The molecule has 1 aromatic heterocycles. The second kappa shape index (κ2) is 6.40. The van der Waals surface area contributed by atoms with Crippen molar-refractivity contribution in [1.29, 1.82) is 0 Å². The van der Waals surface area contributed by atoms with Crippen molar-refractivity contribution in [2.24, 2.45) is 0 Å². The molecule has 1 aliphatic heterocycles. The maximum Gasteiger partial charge on any atom is 0.271 e. The van der Waals surface area contributed by atoms with E-state index in [-0.39, 0.29) is 17.0 Å². The number of nitrogens with zero attached hydrogens (tertiary/aromatic N) is 1. The van der Waals surface area contributed by atoms with E-state index in [0.717, 1.165) is 0 Å². The second-order valence-corrected chi connectivity index (χ2v) is 8.24. The number of hydrogen-bond donors (Lipinski definition) is 2. The lowest BCUT2D eigenvalue weighted by Crippen LogP contribution is -2.25. The molecule has 0 bridgehead atoms. The van der Waals surface area contributed by atoms with Gasteiger partial charge in [-0.1, -0.05) is 6.07 Å². The molecule has 24 heavy (non-hydrogen) atoms. The molecule has 3 rings (SSSR count). The van der Waals surface area contributed by atoms with Gasteiger partial charge in [0.25, 0.3) is 11.5 Å². The Balaban J connectivity index is 1.87. The lowest BCUT2D eigenvalue weighted by molar-refractivity contribution is 0.102. The van der Waals surface area contributed by atoms with Crippen LogP contribution < -0.4 is 15.2 Å². The number of amides is 1. The number of H-pyrrole nitrogens is 1. The first-order chi connectivity index (χ1) is 11.4. The van der Waals surface area contributed by atoms with Crippen LogP contribution in [0.1, 0.15) is 16.8 Å². The van der Waals surface area contributed by atoms with Gasteiger partial charge in [-0.15, -0.1) is 0 Å². The van der Waals surface area contributed by atoms with Crippen molar-refractivity contribution < 1.29 is 13.2 Å². The van der Waals surface area contributed by atoms with Gasteiger partial charge in [-0.3, -0.25) is 13.9 Å². The van der Waals surface area contributed by atoms with E-state index in [2.05, 4.69) is 26.2 Å². The summed E-state index contributed by atoms with van der Waals surface area (Å²) in [6.07, 6.45) is 2.03. The maximum atomic E-state index is 12.4. The van der Waals surface area contributed by atoms with Gasteiger partial charge in [0.15, 0.2) is 0 Å². The molecule has 1 fully saturated rings. The summed E-state index contributed by atoms with van der Waals surface area (Å²) in [7, 11) is -3.31. The van der Waals surface area contributed by atoms with Crippen LogP contribution in [0.2, 0.25) is 0 Å². The molecule has 1 amide bonds. The molecule has 1 aromatic carbocycles. The van der Waals surface area contributed by atoms with E-state index in [1.165, 1.54) is 22.6 Å². The van der Waals surface area contributed by atoms with E-state index in [1.54, 1.807) is 18.2 Å². The predicted molar refractivity (Wildman–Crippen MR) is 94.9 cm³/mol. The van der Waals surface area contributed by atoms with Crippen LogP contribution in [0, 0.1) is 0 Å². The number of carbonyl (C=O) groups excluding carboxylic acids is 1. The fraction of sp³-hybridized carbons (Fsp3) is 0.200. The standard InChI is InChI=1S/C15H14BrN3O4S/c16-11-8-13(15(21)17-9-11)18-14(20)10-3-1-4-12(7-10)19-5-2-6-24(19,22)23/h1,3-4,7-9H,2,5-6H2,(H,17,21)(H,18,20). The Bertz CT molecular complexity index is 955. The Hall–Kier alpha value is -2.13. The van der Waals surface area contributed by atoms with Crippen LogP contribution in [0.4, 0.5) is 11.4 Å². The number of rotatable bonds is 3. The highest BCUT2D eigenvalue weighted by Gasteiger charge is 2.28. The third-order valence-electron chi connectivity index (χ3n) is 3.61. The number of aromatic nitrogens is 1. The first kappa shape index (κ1) is 16.7. The van der Waals surface area contributed by atoms with Crippen LogP contribution >= 0.6 is 15.9 Å². The fourth-order valence-corrected chi connectivity index (χ4v) is 4.38. The summed E-state index contributed by atoms with van der Waals surface area (Å²) in [4.78, 5) is 26.6. The lowest BCUT2D eigenvalue weighted by atomic mass is 10.2. The van der Waals surface area contributed by atoms with Gasteiger partial charge in [0.05, 0.1) is 11.4 Å². The number of hydrogen-bond acceptors (Lipinski definition) is 4. The van der Waals surface area contributed by atoms with Crippen molar-refractivity contribution in [2.45, 2.75) is 6.42 Å². The molecule has 2 N–H and O–H groups in total. The number of carbonyl (C=O) groups is 1. The van der Waals surface area contributed by atoms with Crippen LogP contribution in [0.25, 0.3) is 0 Å². The van der Waals surface area contributed by atoms with Crippen LogP contribution in [0.15, 0.2) is 45.8 Å². The third-order valence-corrected chi connectivity index (χ3v) is 5.94. The number of benzene rings is 1. The maximum absolute atomic E-state index is 12.4. The Morgan fingerprint density at radius 1 is 1.29 bits per heavy atom. The van der Waals surface area contributed by atoms with Crippen LogP contribution in [-0.2, 0) is 10.0 Å². The number of aromatic amines is 1. The van der Waals surface area contributed by atoms with Crippen molar-refractivity contribution in [1.82, 2.24) is 4.98 Å². The summed E-state index contributed by atoms with van der Waals surface area (Å²) in [5.41, 5.74) is 0.399. The molecule has 0 aliphatic carbocycles. The molecule has 0 saturated carbocycles. The number of sulfonamides is 1. The van der Waals surface area contributed by atoms with Crippen molar-refractivity contribution in [3.8, 4) is 0 Å². The van der Waals surface area contributed by atoms with Crippen molar-refractivity contribution >= 4 is 43.2 Å². The minimum Gasteiger partial charge on any atom is -0.326 e. The molecule has 126 valence electrons. The molecular weight excluding hydrogens is 398 g/mol. The molecule has 1 saturated heterocycles. The largest absolute Gasteiger partial charge is 0.326 e. The van der Waals surface area contributed by atoms with Crippen LogP contribution in [-0.4, -0.2) is 31.6 Å². The van der Waals surface area contributed by atoms with E-state index < -0.39 is 21.5 Å². The van der Waals surface area contributed by atoms with Crippen molar-refractivity contribution in [3.63, 3.8) is 0 Å². The van der Waals surface area contributed by atoms with Gasteiger partial charge in [0.2, 0.25) is 10.0 Å². The van der Waals surface area contributed by atoms with Crippen LogP contribution in [0.5, 0.6) is 0 Å². The summed E-state index contributed by atoms with van der Waals surface area (Å²) in [6, 6.07) is 7.82. The van der Waals surface area contributed by atoms with Gasteiger partial charge in [-0.25, -0.2) is 8.42 Å². The Morgan fingerprint density at radius 3 is 2.79 bits per heavy atom. The minimum absolute atomic E-state index is 0.105. The number of halogens is 1. The lowest BCUT2D eigenvalue weighted by Gasteiger charge is -2.17. The topological polar surface area (TPSA) is 99.3 Å². The summed E-state index contributed by atoms with van der Waals surface area (Å²) < 4.78 is 25.9. The highest BCUT2D eigenvalue weighted by atomic mass is 79.9. The highest BCUT2D eigenvalue weighted by Crippen LogP contribution is 2.25. The molecule has 7 nitrogen and oxygen atoms in total. The molecule has 0 unspecified atom stereocenters. The Morgan fingerprint density at radius 2 is 2.08 bits per heavy atom. The molecule has 2 heterocycles. The van der Waals surface area contributed by atoms with Gasteiger partial charge < -0.3 is 10.3 Å². The first-order valence-electron chi connectivity index (χ1n) is 7.17. The van der Waals surface area contributed by atoms with E-state index in [0.29, 0.717) is 23.1 Å². The van der Waals surface area contributed by atoms with Gasteiger partial charge in [-0.2, -0.15) is 0 Å². The molecular formula is C15H14BrN3O4S. The molecule has 2 aromatic rings. The predicted octanol–water partition coefficient (Wildman–Crippen LogP) is 1.93. The van der Waals surface area contributed by atoms with E-state index >= 15 is 0 Å². The van der Waals surface area contributed by atoms with Gasteiger partial charge in [0, 0.05) is 22.8 Å². The summed E-state index contributed by atoms with van der Waals surface area (Å²) in [5.74, 6) is -0.381. The molecule has 9 heteroatoms. The summed E-state index contributed by atoms with van der Waals surface area (Å²) >= 11 is 3.22. The fourth-order valence-electron chi connectivity index (χ4n) is 2.48. The molecule has 1 aliphatic rings. The first-order valence-corrected chi connectivity index (χ1v) is 9.57. The minimum atomic E-state index is -3.31. The quantitative estimate of drug-likeness (QED) is 0.805. The van der Waals surface area contributed by atoms with Crippen molar-refractivity contribution in [3.05, 3.63) is 56.9 Å². The SMILES string of the molecule is O=C(Nc1cc(Br)c[nH]c1=O)c1cccc(N2CCCS2(=O)=O)c1. The van der Waals surface area contributed by atoms with Crippen molar-refractivity contribution in [2.75, 3.05) is 21.9 Å². The third kappa shape index (κ3) is 3.36. The number of pyridine rings is 1.